The van der Waals surface area contributed by atoms with Crippen molar-refractivity contribution in [2.75, 3.05) is 5.32 Å². The van der Waals surface area contributed by atoms with E-state index in [0.717, 1.165) is 21.3 Å². The number of carbonyl (C=O) groups is 3. The molecule has 2 amide bonds. The van der Waals surface area contributed by atoms with Gasteiger partial charge in [-0.2, -0.15) is 0 Å². The summed E-state index contributed by atoms with van der Waals surface area (Å²) in [7, 11) is 0. The van der Waals surface area contributed by atoms with Crippen molar-refractivity contribution in [3.63, 3.8) is 0 Å². The summed E-state index contributed by atoms with van der Waals surface area (Å²) in [6.45, 7) is 3.76. The lowest BCUT2D eigenvalue weighted by Crippen LogP contribution is -2.49. The summed E-state index contributed by atoms with van der Waals surface area (Å²) in [5.41, 5.74) is 2.18. The molecule has 4 N–H and O–H groups in total. The summed E-state index contributed by atoms with van der Waals surface area (Å²) in [5.74, 6) is -1.34. The van der Waals surface area contributed by atoms with Crippen LogP contribution in [0.25, 0.3) is 0 Å². The van der Waals surface area contributed by atoms with Gasteiger partial charge in [0.05, 0.1) is 5.69 Å². The van der Waals surface area contributed by atoms with Gasteiger partial charge in [0.1, 0.15) is 29.9 Å². The van der Waals surface area contributed by atoms with Crippen LogP contribution in [-0.4, -0.2) is 40.3 Å². The summed E-state index contributed by atoms with van der Waals surface area (Å²) in [5, 5.41) is 19.5. The highest BCUT2D eigenvalue weighted by molar-refractivity contribution is 9.10. The van der Waals surface area contributed by atoms with Crippen LogP contribution in [0.4, 0.5) is 10.5 Å². The first-order valence-electron chi connectivity index (χ1n) is 14.5. The molecular weight excluding hydrogens is 644 g/mol. The standard InChI is InChI=1S/C33H29BrN4O7/c1-16(2)24-29-37-26(30(40)41)27(45-29)33-19-9-6-10-21(34)25(19)38-31(33)44-23-12-11-18(13-20(23)33)14-22(28(39)36-24)35-32(42)43-15-17-7-4-3-5-8-17/h3-13,16,22,24,31,38H,14-15H2,1-2H3,(H,35,42)(H,36,39)(H,40,41)/t22-,24-,31?,33?/m0/s1. The Kier molecular flexibility index (Phi) is 7.03. The molecule has 0 aliphatic carbocycles. The smallest absolute Gasteiger partial charge is 0.408 e. The second-order valence-electron chi connectivity index (χ2n) is 11.7. The van der Waals surface area contributed by atoms with Crippen LogP contribution in [-0.2, 0) is 28.0 Å². The average Bonchev–Trinajstić information content (AvgIpc) is 3.68. The van der Waals surface area contributed by atoms with E-state index in [1.165, 1.54) is 0 Å². The summed E-state index contributed by atoms with van der Waals surface area (Å²) < 4.78 is 19.1. The van der Waals surface area contributed by atoms with E-state index in [1.54, 1.807) is 6.07 Å². The monoisotopic (exact) mass is 672 g/mol. The third kappa shape index (κ3) is 4.71. The van der Waals surface area contributed by atoms with Gasteiger partial charge in [0.25, 0.3) is 0 Å². The highest BCUT2D eigenvalue weighted by Gasteiger charge is 2.61. The van der Waals surface area contributed by atoms with E-state index in [9.17, 15) is 19.5 Å². The zero-order valence-electron chi connectivity index (χ0n) is 24.3. The Morgan fingerprint density at radius 1 is 1.11 bits per heavy atom. The fourth-order valence-electron chi connectivity index (χ4n) is 6.39. The van der Waals surface area contributed by atoms with E-state index < -0.39 is 41.7 Å². The predicted octanol–water partition coefficient (Wildman–Crippen LogP) is 5.28. The molecule has 12 heteroatoms. The summed E-state index contributed by atoms with van der Waals surface area (Å²) >= 11 is 3.62. The SMILES string of the molecule is CC(C)[C@@H]1NC(=O)[C@@H](NC(=O)OCc2ccccc2)Cc2ccc3c(c2)C2(c4cccc(Br)c4NC2O3)c2oc1nc2C(=O)O. The van der Waals surface area contributed by atoms with Crippen molar-refractivity contribution in [2.24, 2.45) is 5.92 Å². The van der Waals surface area contributed by atoms with Gasteiger partial charge < -0.3 is 34.9 Å². The number of oxazole rings is 1. The number of carbonyl (C=O) groups excluding carboxylic acids is 2. The molecule has 4 atom stereocenters. The van der Waals surface area contributed by atoms with Crippen LogP contribution in [0.1, 0.15) is 64.3 Å². The number of halogens is 1. The number of fused-ring (bicyclic) bond motifs is 4. The minimum atomic E-state index is -1.27. The number of benzene rings is 3. The Hall–Kier alpha value is -4.84. The molecule has 3 aromatic carbocycles. The Bertz CT molecular complexity index is 1840. The van der Waals surface area contributed by atoms with Crippen LogP contribution in [0, 0.1) is 5.92 Å². The number of hydrogen-bond donors (Lipinski definition) is 4. The Morgan fingerprint density at radius 3 is 2.67 bits per heavy atom. The molecule has 3 aliphatic heterocycles. The number of aromatic nitrogens is 1. The quantitative estimate of drug-likeness (QED) is 0.222. The van der Waals surface area contributed by atoms with Gasteiger partial charge in [-0.3, -0.25) is 4.79 Å². The topological polar surface area (TPSA) is 152 Å². The minimum absolute atomic E-state index is 0.0365. The molecule has 0 saturated carbocycles. The highest BCUT2D eigenvalue weighted by Crippen LogP contribution is 2.59. The number of nitrogens with zero attached hydrogens (tertiary/aromatic N) is 1. The van der Waals surface area contributed by atoms with Crippen molar-refractivity contribution < 1.29 is 33.4 Å². The number of rotatable bonds is 5. The molecule has 1 aromatic heterocycles. The zero-order chi connectivity index (χ0) is 31.5. The van der Waals surface area contributed by atoms with Crippen LogP contribution in [0.2, 0.25) is 0 Å². The average molecular weight is 674 g/mol. The van der Waals surface area contributed by atoms with Crippen molar-refractivity contribution in [3.05, 3.63) is 111 Å². The van der Waals surface area contributed by atoms with Crippen LogP contribution in [0.15, 0.2) is 75.6 Å². The number of carboxylic acid groups (broad SMARTS) is 1. The largest absolute Gasteiger partial charge is 0.476 e. The van der Waals surface area contributed by atoms with E-state index in [0.29, 0.717) is 16.9 Å². The Balaban J connectivity index is 1.36. The second kappa shape index (κ2) is 11.0. The maximum absolute atomic E-state index is 13.8. The van der Waals surface area contributed by atoms with Gasteiger partial charge in [-0.05, 0) is 45.1 Å². The number of carboxylic acids is 1. The van der Waals surface area contributed by atoms with Crippen LogP contribution >= 0.6 is 15.9 Å². The van der Waals surface area contributed by atoms with Crippen LogP contribution in [0.5, 0.6) is 5.75 Å². The van der Waals surface area contributed by atoms with Gasteiger partial charge >= 0.3 is 12.1 Å². The maximum Gasteiger partial charge on any atom is 0.408 e. The van der Waals surface area contributed by atoms with E-state index in [2.05, 4.69) is 36.9 Å². The molecule has 0 saturated heterocycles. The molecule has 0 radical (unpaired) electrons. The lowest BCUT2D eigenvalue weighted by Gasteiger charge is -2.28. The van der Waals surface area contributed by atoms with Gasteiger partial charge in [-0.25, -0.2) is 14.6 Å². The van der Waals surface area contributed by atoms with E-state index in [-0.39, 0.29) is 36.3 Å². The fourth-order valence-corrected chi connectivity index (χ4v) is 6.87. The van der Waals surface area contributed by atoms with Gasteiger partial charge in [0, 0.05) is 22.0 Å². The number of ether oxygens (including phenoxy) is 2. The molecule has 4 heterocycles. The lowest BCUT2D eigenvalue weighted by molar-refractivity contribution is -0.124. The van der Waals surface area contributed by atoms with Gasteiger partial charge in [-0.1, -0.05) is 68.4 Å². The molecular formula is C33H29BrN4O7. The van der Waals surface area contributed by atoms with Crippen molar-refractivity contribution in [1.82, 2.24) is 15.6 Å². The third-order valence-electron chi connectivity index (χ3n) is 8.52. The zero-order valence-corrected chi connectivity index (χ0v) is 25.9. The summed E-state index contributed by atoms with van der Waals surface area (Å²) in [6, 6.07) is 18.5. The molecule has 45 heavy (non-hydrogen) atoms. The number of hydrogen-bond acceptors (Lipinski definition) is 8. The second-order valence-corrected chi connectivity index (χ2v) is 12.5. The lowest BCUT2D eigenvalue weighted by atomic mass is 9.72. The van der Waals surface area contributed by atoms with Gasteiger partial charge in [-0.15, -0.1) is 0 Å². The van der Waals surface area contributed by atoms with Crippen molar-refractivity contribution in [3.8, 4) is 5.75 Å². The number of alkyl carbamates (subject to hydrolysis) is 1. The molecule has 7 rings (SSSR count). The maximum atomic E-state index is 13.8. The number of aromatic carboxylic acids is 1. The molecule has 0 fully saturated rings. The van der Waals surface area contributed by atoms with E-state index in [4.69, 9.17) is 13.9 Å². The predicted molar refractivity (Wildman–Crippen MR) is 165 cm³/mol. The van der Waals surface area contributed by atoms with E-state index in [1.807, 2.05) is 74.5 Å². The fraction of sp³-hybridized carbons (Fsp3) is 0.273. The number of anilines is 1. The Labute approximate surface area is 266 Å². The first-order chi connectivity index (χ1) is 21.7. The van der Waals surface area contributed by atoms with Gasteiger partial charge in [0.15, 0.2) is 17.7 Å². The third-order valence-corrected chi connectivity index (χ3v) is 9.18. The van der Waals surface area contributed by atoms with Crippen molar-refractivity contribution in [1.29, 1.82) is 0 Å². The number of nitrogens with one attached hydrogen (secondary N) is 3. The Morgan fingerprint density at radius 2 is 1.91 bits per heavy atom. The molecule has 11 nitrogen and oxygen atoms in total. The van der Waals surface area contributed by atoms with Crippen LogP contribution < -0.4 is 20.7 Å². The molecule has 4 aromatic rings. The summed E-state index contributed by atoms with van der Waals surface area (Å²) in [6.07, 6.45) is -1.37. The van der Waals surface area contributed by atoms with Crippen molar-refractivity contribution >= 4 is 39.6 Å². The molecule has 230 valence electrons. The van der Waals surface area contributed by atoms with Crippen LogP contribution in [0.3, 0.4) is 0 Å². The first kappa shape index (κ1) is 28.9. The first-order valence-corrected chi connectivity index (χ1v) is 15.3. The van der Waals surface area contributed by atoms with E-state index >= 15 is 0 Å². The molecule has 2 unspecified atom stereocenters. The van der Waals surface area contributed by atoms with Gasteiger partial charge in [0.2, 0.25) is 11.8 Å². The molecule has 1 spiro atoms. The number of amides is 2. The highest BCUT2D eigenvalue weighted by atomic mass is 79.9. The number of para-hydroxylation sites is 1. The normalized spacial score (nSPS) is 22.6. The minimum Gasteiger partial charge on any atom is -0.476 e. The van der Waals surface area contributed by atoms with Crippen molar-refractivity contribution in [2.45, 2.75) is 50.6 Å². The molecule has 4 bridgehead atoms. The molecule has 3 aliphatic rings. The summed E-state index contributed by atoms with van der Waals surface area (Å²) in [4.78, 5) is 44.0.